The van der Waals surface area contributed by atoms with Crippen molar-refractivity contribution in [1.29, 1.82) is 0 Å². The maximum atomic E-state index is 14.3. The molecule has 2 N–H and O–H groups in total. The summed E-state index contributed by atoms with van der Waals surface area (Å²) in [6.07, 6.45) is 6.57. The Morgan fingerprint density at radius 1 is 1.00 bits per heavy atom. The Morgan fingerprint density at radius 3 is 2.21 bits per heavy atom. The van der Waals surface area contributed by atoms with Gasteiger partial charge in [0.25, 0.3) is 0 Å². The molecule has 10 heteroatoms. The molecule has 2 heterocycles. The van der Waals surface area contributed by atoms with Crippen molar-refractivity contribution < 1.29 is 18.4 Å². The minimum absolute atomic E-state index is 0.110. The first-order valence-corrected chi connectivity index (χ1v) is 11.2. The molecule has 0 aliphatic heterocycles. The number of para-hydroxylation sites is 1. The van der Waals surface area contributed by atoms with Gasteiger partial charge in [-0.1, -0.05) is 39.2 Å². The molecule has 3 rings (SSSR count). The lowest BCUT2D eigenvalue weighted by atomic mass is 10.0. The number of unbranched alkanes of at least 4 members (excludes halogenated alkanes) is 1. The lowest BCUT2D eigenvalue weighted by molar-refractivity contribution is -0.0987. The molecule has 0 saturated heterocycles. The van der Waals surface area contributed by atoms with Crippen LogP contribution in [0.5, 0.6) is 0 Å². The predicted octanol–water partition coefficient (Wildman–Crippen LogP) is 5.83. The van der Waals surface area contributed by atoms with E-state index in [1.807, 2.05) is 32.0 Å². The van der Waals surface area contributed by atoms with Crippen LogP contribution in [-0.4, -0.2) is 39.1 Å². The zero-order chi connectivity index (χ0) is 25.7. The lowest BCUT2D eigenvalue weighted by Gasteiger charge is -2.21. The lowest BCUT2D eigenvalue weighted by Crippen LogP contribution is -2.15. The molecule has 0 bridgehead atoms. The standard InChI is InChI=1S/C22H30F2N6.2CH2O/c1-5-7-10-15(9-6-2)30-20-18(13-25-21(29-20)26-14(3)4)27-22(30)28-19-16(23)11-8-12-17(19)24;2*1-2/h8,11-15H,5-7,9-10H2,1-4H3,(H,27,28)(H,25,26,29);2*1H2. The van der Waals surface area contributed by atoms with Crippen molar-refractivity contribution in [2.24, 2.45) is 0 Å². The summed E-state index contributed by atoms with van der Waals surface area (Å²) in [6.45, 7) is 12.3. The summed E-state index contributed by atoms with van der Waals surface area (Å²) < 4.78 is 30.6. The van der Waals surface area contributed by atoms with E-state index in [4.69, 9.17) is 9.59 Å². The van der Waals surface area contributed by atoms with Gasteiger partial charge in [-0.25, -0.2) is 18.7 Å². The Balaban J connectivity index is 0.00000137. The van der Waals surface area contributed by atoms with Gasteiger partial charge in [0.1, 0.15) is 36.4 Å². The summed E-state index contributed by atoms with van der Waals surface area (Å²) in [6, 6.07) is 4.08. The van der Waals surface area contributed by atoms with E-state index in [1.165, 1.54) is 18.2 Å². The number of carbonyl (C=O) groups excluding carboxylic acids is 2. The quantitative estimate of drug-likeness (QED) is 0.379. The summed E-state index contributed by atoms with van der Waals surface area (Å²) in [5, 5.41) is 6.10. The molecule has 186 valence electrons. The van der Waals surface area contributed by atoms with Crippen LogP contribution in [0.25, 0.3) is 11.2 Å². The van der Waals surface area contributed by atoms with Crippen LogP contribution in [-0.2, 0) is 9.59 Å². The Labute approximate surface area is 199 Å². The molecule has 0 fully saturated rings. The zero-order valence-electron chi connectivity index (χ0n) is 20.3. The molecule has 1 atom stereocenters. The van der Waals surface area contributed by atoms with E-state index in [0.29, 0.717) is 23.1 Å². The van der Waals surface area contributed by atoms with Gasteiger partial charge in [-0.2, -0.15) is 4.98 Å². The molecule has 0 saturated carbocycles. The fraction of sp³-hybridized carbons (Fsp3) is 0.458. The van der Waals surface area contributed by atoms with Gasteiger partial charge in [0.05, 0.1) is 6.20 Å². The molecular weight excluding hydrogens is 442 g/mol. The van der Waals surface area contributed by atoms with Crippen molar-refractivity contribution in [3.05, 3.63) is 36.0 Å². The number of benzene rings is 1. The molecule has 0 aliphatic carbocycles. The van der Waals surface area contributed by atoms with Crippen molar-refractivity contribution in [3.63, 3.8) is 0 Å². The monoisotopic (exact) mass is 476 g/mol. The summed E-state index contributed by atoms with van der Waals surface area (Å²) in [7, 11) is 0. The van der Waals surface area contributed by atoms with Crippen molar-refractivity contribution in [2.75, 3.05) is 10.6 Å². The summed E-state index contributed by atoms with van der Waals surface area (Å²) in [4.78, 5) is 29.6. The average Bonchev–Trinajstić information content (AvgIpc) is 3.18. The minimum atomic E-state index is -0.664. The van der Waals surface area contributed by atoms with E-state index in [1.54, 1.807) is 6.20 Å². The van der Waals surface area contributed by atoms with Crippen LogP contribution in [0.15, 0.2) is 24.4 Å². The minimum Gasteiger partial charge on any atom is -0.352 e. The second kappa shape index (κ2) is 14.7. The number of imidazole rings is 1. The van der Waals surface area contributed by atoms with Crippen LogP contribution < -0.4 is 10.6 Å². The average molecular weight is 477 g/mol. The highest BCUT2D eigenvalue weighted by molar-refractivity contribution is 5.76. The number of anilines is 3. The van der Waals surface area contributed by atoms with Crippen LogP contribution >= 0.6 is 0 Å². The molecule has 1 unspecified atom stereocenters. The molecule has 2 aromatic heterocycles. The molecule has 34 heavy (non-hydrogen) atoms. The van der Waals surface area contributed by atoms with E-state index in [-0.39, 0.29) is 17.8 Å². The normalized spacial score (nSPS) is 11.3. The molecular formula is C24H34F2N6O2. The zero-order valence-corrected chi connectivity index (χ0v) is 20.3. The van der Waals surface area contributed by atoms with Crippen molar-refractivity contribution >= 4 is 42.3 Å². The fourth-order valence-corrected chi connectivity index (χ4v) is 3.56. The maximum absolute atomic E-state index is 14.3. The second-order valence-electron chi connectivity index (χ2n) is 7.81. The Kier molecular flexibility index (Phi) is 12.3. The second-order valence-corrected chi connectivity index (χ2v) is 7.81. The van der Waals surface area contributed by atoms with Crippen LogP contribution in [0.1, 0.15) is 65.8 Å². The predicted molar refractivity (Wildman–Crippen MR) is 131 cm³/mol. The van der Waals surface area contributed by atoms with E-state index in [2.05, 4.69) is 39.4 Å². The van der Waals surface area contributed by atoms with Gasteiger partial charge in [0.2, 0.25) is 11.9 Å². The van der Waals surface area contributed by atoms with Crippen LogP contribution in [0.2, 0.25) is 0 Å². The van der Waals surface area contributed by atoms with Gasteiger partial charge in [0.15, 0.2) is 5.65 Å². The number of hydrogen-bond donors (Lipinski definition) is 2. The van der Waals surface area contributed by atoms with E-state index in [0.717, 1.165) is 32.1 Å². The molecule has 3 aromatic rings. The fourth-order valence-electron chi connectivity index (χ4n) is 3.56. The van der Waals surface area contributed by atoms with E-state index < -0.39 is 11.6 Å². The molecule has 1 aromatic carbocycles. The van der Waals surface area contributed by atoms with Crippen molar-refractivity contribution in [2.45, 2.75) is 71.9 Å². The molecule has 0 spiro atoms. The van der Waals surface area contributed by atoms with Gasteiger partial charge in [-0.3, -0.25) is 4.57 Å². The number of nitrogens with zero attached hydrogens (tertiary/aromatic N) is 4. The maximum Gasteiger partial charge on any atom is 0.224 e. The molecule has 0 radical (unpaired) electrons. The van der Waals surface area contributed by atoms with Crippen LogP contribution in [0.3, 0.4) is 0 Å². The summed E-state index contributed by atoms with van der Waals surface area (Å²) >= 11 is 0. The van der Waals surface area contributed by atoms with Gasteiger partial charge >= 0.3 is 0 Å². The van der Waals surface area contributed by atoms with Gasteiger partial charge in [-0.15, -0.1) is 0 Å². The molecule has 0 aliphatic rings. The number of nitrogens with one attached hydrogen (secondary N) is 2. The molecule has 0 amide bonds. The largest absolute Gasteiger partial charge is 0.352 e. The first-order chi connectivity index (χ1) is 16.4. The number of aromatic nitrogens is 4. The Hall–Kier alpha value is -3.43. The topological polar surface area (TPSA) is 102 Å². The Morgan fingerprint density at radius 2 is 1.65 bits per heavy atom. The summed E-state index contributed by atoms with van der Waals surface area (Å²) in [5.74, 6) is -0.447. The third kappa shape index (κ3) is 7.29. The summed E-state index contributed by atoms with van der Waals surface area (Å²) in [5.41, 5.74) is 1.02. The van der Waals surface area contributed by atoms with Crippen molar-refractivity contribution in [1.82, 2.24) is 19.5 Å². The van der Waals surface area contributed by atoms with Gasteiger partial charge < -0.3 is 20.2 Å². The van der Waals surface area contributed by atoms with E-state index in [9.17, 15) is 8.78 Å². The smallest absolute Gasteiger partial charge is 0.224 e. The first kappa shape index (κ1) is 28.6. The third-order valence-corrected chi connectivity index (χ3v) is 4.93. The Bertz CT molecular complexity index is 1010. The highest BCUT2D eigenvalue weighted by atomic mass is 19.1. The SMILES string of the molecule is C=O.C=O.CCCCC(CCC)n1c(Nc2c(F)cccc2F)nc2cnc(NC(C)C)nc21. The molecule has 8 nitrogen and oxygen atoms in total. The number of hydrogen-bond acceptors (Lipinski definition) is 7. The highest BCUT2D eigenvalue weighted by Gasteiger charge is 2.22. The number of halogens is 2. The van der Waals surface area contributed by atoms with Gasteiger partial charge in [-0.05, 0) is 38.8 Å². The number of carbonyl (C=O) groups is 2. The first-order valence-electron chi connectivity index (χ1n) is 11.2. The van der Waals surface area contributed by atoms with Crippen LogP contribution in [0, 0.1) is 11.6 Å². The highest BCUT2D eigenvalue weighted by Crippen LogP contribution is 2.32. The van der Waals surface area contributed by atoms with Crippen molar-refractivity contribution in [3.8, 4) is 0 Å². The van der Waals surface area contributed by atoms with Crippen LogP contribution in [0.4, 0.5) is 26.4 Å². The number of rotatable bonds is 10. The number of fused-ring (bicyclic) bond motifs is 1. The van der Waals surface area contributed by atoms with E-state index >= 15 is 0 Å². The van der Waals surface area contributed by atoms with Gasteiger partial charge in [0, 0.05) is 12.1 Å². The third-order valence-electron chi connectivity index (χ3n) is 4.93.